The van der Waals surface area contributed by atoms with E-state index in [2.05, 4.69) is 9.97 Å². The largest absolute Gasteiger partial charge is 0.872 e. The van der Waals surface area contributed by atoms with E-state index in [0.29, 0.717) is 49.8 Å². The highest BCUT2D eigenvalue weighted by atomic mass is 16.6. The van der Waals surface area contributed by atoms with Gasteiger partial charge in [-0.2, -0.15) is 0 Å². The van der Waals surface area contributed by atoms with E-state index >= 15 is 0 Å². The predicted molar refractivity (Wildman–Crippen MR) is 114 cm³/mol. The molecule has 1 unspecified atom stereocenters. The number of nitrogens with zero attached hydrogens (tertiary/aromatic N) is 3. The van der Waals surface area contributed by atoms with Crippen molar-refractivity contribution >= 4 is 17.4 Å². The number of hydrogen-bond donors (Lipinski definition) is 1. The standard InChI is InChI=1S/C24H22N4O5/c29-22(17-2-3-18-19(14-17)33-13-12-32-18)20-21(16-4-6-25-7-5-16)28(24(31)23(20)30)10-1-9-27-11-8-26-15-27/h2-8,11,14-15,21H,1,9-10,12-13H2,(H,29,30). The maximum Gasteiger partial charge on any atom is 0.295 e. The Morgan fingerprint density at radius 2 is 1.94 bits per heavy atom. The fraction of sp³-hybridized carbons (Fsp3) is 0.250. The molecule has 9 heteroatoms. The van der Waals surface area contributed by atoms with Crippen LogP contribution in [0.5, 0.6) is 11.5 Å². The zero-order valence-electron chi connectivity index (χ0n) is 17.8. The van der Waals surface area contributed by atoms with Gasteiger partial charge in [0, 0.05) is 30.9 Å². The second kappa shape index (κ2) is 8.78. The van der Waals surface area contributed by atoms with Crippen LogP contribution < -0.4 is 19.1 Å². The average molecular weight is 446 g/mol. The van der Waals surface area contributed by atoms with Gasteiger partial charge in [-0.3, -0.25) is 19.6 Å². The summed E-state index contributed by atoms with van der Waals surface area (Å²) in [4.78, 5) is 34.5. The van der Waals surface area contributed by atoms with E-state index in [1.165, 1.54) is 4.90 Å². The van der Waals surface area contributed by atoms with Gasteiger partial charge in [-0.05, 0) is 35.4 Å². The van der Waals surface area contributed by atoms with Gasteiger partial charge in [0.2, 0.25) is 12.1 Å². The molecule has 9 nitrogen and oxygen atoms in total. The molecule has 1 amide bonds. The maximum atomic E-state index is 13.5. The number of aromatic nitrogens is 3. The number of pyridine rings is 1. The van der Waals surface area contributed by atoms with Crippen LogP contribution in [0.1, 0.15) is 23.6 Å². The molecule has 2 aromatic heterocycles. The summed E-state index contributed by atoms with van der Waals surface area (Å²) in [5.41, 5.74) is 0.885. The molecule has 2 aliphatic heterocycles. The van der Waals surface area contributed by atoms with Crippen LogP contribution in [0.3, 0.4) is 0 Å². The number of nitrogens with one attached hydrogen (secondary N) is 1. The topological polar surface area (TPSA) is 111 Å². The van der Waals surface area contributed by atoms with Crippen LogP contribution >= 0.6 is 0 Å². The second-order valence-electron chi connectivity index (χ2n) is 7.81. The average Bonchev–Trinajstić information content (AvgIpc) is 3.46. The zero-order chi connectivity index (χ0) is 22.8. The molecular weight excluding hydrogens is 424 g/mol. The Kier molecular flexibility index (Phi) is 5.52. The number of benzene rings is 1. The molecule has 5 rings (SSSR count). The molecule has 3 aromatic rings. The van der Waals surface area contributed by atoms with Crippen molar-refractivity contribution in [3.8, 4) is 11.5 Å². The lowest BCUT2D eigenvalue weighted by molar-refractivity contribution is -0.695. The molecule has 0 radical (unpaired) electrons. The first-order valence-electron chi connectivity index (χ1n) is 10.7. The molecule has 1 fully saturated rings. The fourth-order valence-corrected chi connectivity index (χ4v) is 4.22. The minimum absolute atomic E-state index is 0.0582. The zero-order valence-corrected chi connectivity index (χ0v) is 17.8. The van der Waals surface area contributed by atoms with Gasteiger partial charge in [0.05, 0.1) is 12.6 Å². The Morgan fingerprint density at radius 3 is 2.70 bits per heavy atom. The van der Waals surface area contributed by atoms with Crippen molar-refractivity contribution < 1.29 is 28.7 Å². The summed E-state index contributed by atoms with van der Waals surface area (Å²) in [6, 6.07) is 7.48. The number of fused-ring (bicyclic) bond motifs is 1. The van der Waals surface area contributed by atoms with Crippen molar-refractivity contribution in [2.45, 2.75) is 19.0 Å². The number of aryl methyl sites for hydroxylation is 1. The quantitative estimate of drug-likeness (QED) is 0.259. The molecule has 1 saturated heterocycles. The lowest BCUT2D eigenvalue weighted by Gasteiger charge is -2.27. The molecule has 0 spiro atoms. The van der Waals surface area contributed by atoms with Crippen LogP contribution in [0, 0.1) is 0 Å². The SMILES string of the molecule is O=C1C(=O)N(CCC[n+]2cc[nH]c2)C(c2ccncc2)/C1=C(\[O-])c1ccc2c(c1)OCCO2. The summed E-state index contributed by atoms with van der Waals surface area (Å²) in [5, 5.41) is 13.5. The Bertz CT molecular complexity index is 1210. The van der Waals surface area contributed by atoms with E-state index in [0.717, 1.165) is 0 Å². The first-order valence-corrected chi connectivity index (χ1v) is 10.7. The Hall–Kier alpha value is -4.14. The second-order valence-corrected chi connectivity index (χ2v) is 7.81. The van der Waals surface area contributed by atoms with E-state index in [9.17, 15) is 14.7 Å². The van der Waals surface area contributed by atoms with Crippen molar-refractivity contribution in [1.29, 1.82) is 0 Å². The maximum absolute atomic E-state index is 13.5. The minimum Gasteiger partial charge on any atom is -0.872 e. The monoisotopic (exact) mass is 446 g/mol. The van der Waals surface area contributed by atoms with Crippen LogP contribution in [0.25, 0.3) is 5.76 Å². The van der Waals surface area contributed by atoms with Crippen molar-refractivity contribution in [2.75, 3.05) is 19.8 Å². The molecule has 168 valence electrons. The normalized spacial score (nSPS) is 19.2. The molecular formula is C24H22N4O5. The summed E-state index contributed by atoms with van der Waals surface area (Å²) >= 11 is 0. The molecule has 0 aliphatic carbocycles. The molecule has 1 N–H and O–H groups in total. The Morgan fingerprint density at radius 1 is 1.15 bits per heavy atom. The van der Waals surface area contributed by atoms with Gasteiger partial charge in [0.15, 0.2) is 11.5 Å². The van der Waals surface area contributed by atoms with E-state index in [1.807, 2.05) is 23.3 Å². The number of imidazole rings is 1. The van der Waals surface area contributed by atoms with Crippen LogP contribution in [-0.4, -0.2) is 46.3 Å². The molecule has 4 heterocycles. The van der Waals surface area contributed by atoms with Gasteiger partial charge in [0.1, 0.15) is 25.6 Å². The molecule has 0 saturated carbocycles. The van der Waals surface area contributed by atoms with Gasteiger partial charge in [0.25, 0.3) is 5.91 Å². The number of carbonyl (C=O) groups is 2. The Balaban J connectivity index is 1.52. The van der Waals surface area contributed by atoms with E-state index in [-0.39, 0.29) is 11.1 Å². The number of carbonyl (C=O) groups excluding carboxylic acids is 2. The van der Waals surface area contributed by atoms with E-state index < -0.39 is 23.5 Å². The number of likely N-dealkylation sites (tertiary alicyclic amines) is 1. The number of rotatable bonds is 6. The third-order valence-corrected chi connectivity index (χ3v) is 5.77. The molecule has 0 bridgehead atoms. The van der Waals surface area contributed by atoms with Gasteiger partial charge >= 0.3 is 0 Å². The predicted octanol–water partition coefficient (Wildman–Crippen LogP) is 0.783. The summed E-state index contributed by atoms with van der Waals surface area (Å²) in [5.74, 6) is -0.936. The number of ether oxygens (including phenoxy) is 2. The highest BCUT2D eigenvalue weighted by Crippen LogP contribution is 2.40. The Labute approximate surface area is 189 Å². The molecule has 2 aliphatic rings. The highest BCUT2D eigenvalue weighted by Gasteiger charge is 2.44. The van der Waals surface area contributed by atoms with Crippen LogP contribution in [0.4, 0.5) is 0 Å². The first-order chi connectivity index (χ1) is 16.1. The van der Waals surface area contributed by atoms with Gasteiger partial charge in [-0.25, -0.2) is 4.57 Å². The number of H-pyrrole nitrogens is 1. The molecule has 1 aromatic carbocycles. The van der Waals surface area contributed by atoms with Crippen molar-refractivity contribution in [3.05, 3.63) is 78.1 Å². The van der Waals surface area contributed by atoms with Crippen LogP contribution in [0.15, 0.2) is 67.0 Å². The van der Waals surface area contributed by atoms with Crippen LogP contribution in [0.2, 0.25) is 0 Å². The number of ketones is 1. The smallest absolute Gasteiger partial charge is 0.295 e. The number of amides is 1. The van der Waals surface area contributed by atoms with Crippen molar-refractivity contribution in [3.63, 3.8) is 0 Å². The van der Waals surface area contributed by atoms with Gasteiger partial charge in [-0.15, -0.1) is 0 Å². The summed E-state index contributed by atoms with van der Waals surface area (Å²) < 4.78 is 13.1. The summed E-state index contributed by atoms with van der Waals surface area (Å²) in [6.45, 7) is 1.81. The molecule has 1 atom stereocenters. The number of hydrogen-bond acceptors (Lipinski definition) is 6. The van der Waals surface area contributed by atoms with E-state index in [4.69, 9.17) is 9.47 Å². The van der Waals surface area contributed by atoms with Crippen molar-refractivity contribution in [1.82, 2.24) is 14.9 Å². The fourth-order valence-electron chi connectivity index (χ4n) is 4.22. The van der Waals surface area contributed by atoms with Crippen molar-refractivity contribution in [2.24, 2.45) is 0 Å². The third-order valence-electron chi connectivity index (χ3n) is 5.77. The molecule has 33 heavy (non-hydrogen) atoms. The van der Waals surface area contributed by atoms with E-state index in [1.54, 1.807) is 42.7 Å². The first kappa shape index (κ1) is 20.7. The summed E-state index contributed by atoms with van der Waals surface area (Å²) in [7, 11) is 0. The third kappa shape index (κ3) is 3.93. The lowest BCUT2D eigenvalue weighted by Crippen LogP contribution is -2.36. The number of aromatic amines is 1. The number of Topliss-reactive ketones (excluding diaryl/α,β-unsaturated/α-hetero) is 1. The highest BCUT2D eigenvalue weighted by molar-refractivity contribution is 6.46. The van der Waals surface area contributed by atoms with Gasteiger partial charge < -0.3 is 19.5 Å². The minimum atomic E-state index is -0.773. The van der Waals surface area contributed by atoms with Gasteiger partial charge in [-0.1, -0.05) is 11.8 Å². The lowest BCUT2D eigenvalue weighted by atomic mass is 9.95. The van der Waals surface area contributed by atoms with Crippen LogP contribution in [-0.2, 0) is 16.1 Å². The summed E-state index contributed by atoms with van der Waals surface area (Å²) in [6.07, 6.45) is 9.31.